The van der Waals surface area contributed by atoms with Crippen molar-refractivity contribution >= 4 is 27.6 Å². The second kappa shape index (κ2) is 13.2. The van der Waals surface area contributed by atoms with Gasteiger partial charge in [0, 0.05) is 19.3 Å². The average Bonchev–Trinajstić information content (AvgIpc) is 2.79. The van der Waals surface area contributed by atoms with Gasteiger partial charge in [0.05, 0.1) is 11.5 Å². The van der Waals surface area contributed by atoms with E-state index >= 15 is 0 Å². The molecule has 1 aromatic carbocycles. The molecule has 0 spiro atoms. The highest BCUT2D eigenvalue weighted by Gasteiger charge is 2.18. The number of aromatic nitrogens is 1. The van der Waals surface area contributed by atoms with Gasteiger partial charge in [0.2, 0.25) is 11.9 Å². The third-order valence-electron chi connectivity index (χ3n) is 4.18. The molecule has 184 valence electrons. The predicted molar refractivity (Wildman–Crippen MR) is 126 cm³/mol. The second-order valence-electron chi connectivity index (χ2n) is 6.61. The van der Waals surface area contributed by atoms with Crippen LogP contribution in [-0.4, -0.2) is 46.5 Å². The standard InChI is InChI=1S/C19H26N6O5S.CH4.FH/c1-13-5-4-6-15(11-13)31(28,29)24-16-8-7-14(2)25(18(16)27)12-17(26)22-9-10-30-23-19(20)21-3;;/h4-8,11,24H,9-10,12H2,1-3H3,(H,22,26)(H3,20,21,23);1H4;1H/i/hT. The molecule has 1 aromatic heterocycles. The lowest BCUT2D eigenvalue weighted by Crippen LogP contribution is -2.38. The van der Waals surface area contributed by atoms with Crippen LogP contribution in [-0.2, 0) is 26.2 Å². The number of amides is 1. The summed E-state index contributed by atoms with van der Waals surface area (Å²) < 4.78 is 41.7. The van der Waals surface area contributed by atoms with Crippen LogP contribution < -0.4 is 26.8 Å². The molecular formula is C20H31FN6O5S. The van der Waals surface area contributed by atoms with E-state index in [1.807, 2.05) is 0 Å². The Bertz CT molecular complexity index is 1140. The van der Waals surface area contributed by atoms with Crippen molar-refractivity contribution in [3.63, 3.8) is 0 Å². The van der Waals surface area contributed by atoms with Crippen molar-refractivity contribution < 1.29 is 22.8 Å². The fourth-order valence-electron chi connectivity index (χ4n) is 2.54. The Morgan fingerprint density at radius 2 is 1.97 bits per heavy atom. The molecule has 0 saturated heterocycles. The highest BCUT2D eigenvalue weighted by Crippen LogP contribution is 2.15. The normalized spacial score (nSPS) is 11.3. The summed E-state index contributed by atoms with van der Waals surface area (Å²) in [7, 11) is -2.46. The van der Waals surface area contributed by atoms with Crippen molar-refractivity contribution in [2.24, 2.45) is 10.7 Å². The highest BCUT2D eigenvalue weighted by atomic mass is 32.2. The third kappa shape index (κ3) is 8.54. The van der Waals surface area contributed by atoms with Gasteiger partial charge in [-0.25, -0.2) is 13.9 Å². The number of pyridine rings is 1. The Kier molecular flexibility index (Phi) is 11.0. The molecule has 33 heavy (non-hydrogen) atoms. The minimum Gasteiger partial charge on any atom is -0.368 e. The zero-order chi connectivity index (χ0) is 25.0. The van der Waals surface area contributed by atoms with E-state index in [2.05, 4.69) is 22.0 Å². The Morgan fingerprint density at radius 3 is 2.61 bits per heavy atom. The van der Waals surface area contributed by atoms with Gasteiger partial charge in [0.25, 0.3) is 17.0 Å². The molecule has 0 bridgehead atoms. The maximum absolute atomic E-state index is 12.8. The van der Waals surface area contributed by atoms with E-state index in [0.29, 0.717) is 5.69 Å². The SMILES string of the molecule is C.CN=C(N)NOCCNC(=O)Cn1c(C)ccc(NS(=O)(=O)c2cccc(C)c2)c1=O.[3H]F. The Labute approximate surface area is 193 Å². The van der Waals surface area contributed by atoms with Gasteiger partial charge in [-0.3, -0.25) is 28.9 Å². The summed E-state index contributed by atoms with van der Waals surface area (Å²) in [6, 6.07) is 9.25. The molecule has 13 heteroatoms. The minimum absolute atomic E-state index is 0. The van der Waals surface area contributed by atoms with Gasteiger partial charge in [-0.2, -0.15) is 0 Å². The number of benzene rings is 1. The molecule has 0 unspecified atom stereocenters. The summed E-state index contributed by atoms with van der Waals surface area (Å²) in [6.45, 7) is 3.41. The van der Waals surface area contributed by atoms with E-state index in [1.165, 1.54) is 29.8 Å². The number of carbonyl (C=O) groups is 1. The highest BCUT2D eigenvalue weighted by molar-refractivity contribution is 7.92. The molecule has 0 atom stereocenters. The first kappa shape index (κ1) is 27.6. The minimum atomic E-state index is -3.95. The van der Waals surface area contributed by atoms with E-state index < -0.39 is 21.5 Å². The van der Waals surface area contributed by atoms with Gasteiger partial charge in [-0.05, 0) is 43.7 Å². The summed E-state index contributed by atoms with van der Waals surface area (Å²) in [5, 5.41) is 2.59. The number of halogens is 1. The lowest BCUT2D eigenvalue weighted by molar-refractivity contribution is -0.122. The van der Waals surface area contributed by atoms with E-state index in [0.717, 1.165) is 5.56 Å². The maximum Gasteiger partial charge on any atom is 0.275 e. The molecule has 11 nitrogen and oxygen atoms in total. The van der Waals surface area contributed by atoms with Crippen LogP contribution in [0.5, 0.6) is 0 Å². The van der Waals surface area contributed by atoms with Crippen LogP contribution in [0.25, 0.3) is 0 Å². The van der Waals surface area contributed by atoms with Crippen molar-refractivity contribution in [2.75, 3.05) is 24.9 Å². The summed E-state index contributed by atoms with van der Waals surface area (Å²) in [4.78, 5) is 33.6. The van der Waals surface area contributed by atoms with Crippen molar-refractivity contribution in [1.29, 1.82) is 1.45 Å². The van der Waals surface area contributed by atoms with Crippen LogP contribution in [0.3, 0.4) is 0 Å². The topological polar surface area (TPSA) is 157 Å². The van der Waals surface area contributed by atoms with Crippen LogP contribution >= 0.6 is 0 Å². The van der Waals surface area contributed by atoms with Gasteiger partial charge in [-0.1, -0.05) is 19.6 Å². The first-order chi connectivity index (χ1) is 15.6. The number of hydrogen-bond donors (Lipinski definition) is 4. The molecule has 0 radical (unpaired) electrons. The maximum atomic E-state index is 12.8. The zero-order valence-electron chi connectivity index (χ0n) is 18.9. The summed E-state index contributed by atoms with van der Waals surface area (Å²) in [5.41, 5.74) is 8.26. The Morgan fingerprint density at radius 1 is 1.27 bits per heavy atom. The number of hydrogen-bond acceptors (Lipinski definition) is 6. The summed E-state index contributed by atoms with van der Waals surface area (Å²) in [6.07, 6.45) is 0. The molecule has 0 aliphatic heterocycles. The monoisotopic (exact) mass is 488 g/mol. The molecule has 5 N–H and O–H groups in total. The van der Waals surface area contributed by atoms with Crippen LogP contribution in [0.4, 0.5) is 10.4 Å². The summed E-state index contributed by atoms with van der Waals surface area (Å²) >= 11 is 0. The largest absolute Gasteiger partial charge is 0.368 e. The number of nitrogens with one attached hydrogen (secondary N) is 3. The number of sulfonamides is 1. The van der Waals surface area contributed by atoms with E-state index in [-0.39, 0.29) is 43.7 Å². The number of aryl methyl sites for hydroxylation is 2. The fourth-order valence-corrected chi connectivity index (χ4v) is 3.70. The van der Waals surface area contributed by atoms with Crippen molar-refractivity contribution in [1.82, 2.24) is 15.4 Å². The van der Waals surface area contributed by atoms with Crippen molar-refractivity contribution in [3.8, 4) is 0 Å². The van der Waals surface area contributed by atoms with Crippen LogP contribution in [0.1, 0.15) is 18.7 Å². The molecule has 0 fully saturated rings. The van der Waals surface area contributed by atoms with Gasteiger partial charge in [0.1, 0.15) is 12.2 Å². The van der Waals surface area contributed by atoms with E-state index in [4.69, 9.17) is 15.3 Å². The number of guanidine groups is 1. The molecule has 0 saturated carbocycles. The average molecular weight is 489 g/mol. The molecule has 0 aliphatic carbocycles. The first-order valence-corrected chi connectivity index (χ1v) is 10.8. The van der Waals surface area contributed by atoms with Gasteiger partial charge >= 0.3 is 0 Å². The number of carbonyl (C=O) groups excluding carboxylic acids is 1. The van der Waals surface area contributed by atoms with E-state index in [9.17, 15) is 18.0 Å². The first-order valence-electron chi connectivity index (χ1n) is 9.68. The van der Waals surface area contributed by atoms with Gasteiger partial charge in [0.15, 0.2) is 0 Å². The van der Waals surface area contributed by atoms with Gasteiger partial charge in [-0.15, -0.1) is 0 Å². The lowest BCUT2D eigenvalue weighted by atomic mass is 10.2. The number of hydroxylamine groups is 1. The van der Waals surface area contributed by atoms with Crippen LogP contribution in [0.15, 0.2) is 51.1 Å². The second-order valence-corrected chi connectivity index (χ2v) is 8.29. The van der Waals surface area contributed by atoms with E-state index in [1.54, 1.807) is 32.0 Å². The number of aliphatic imine (C=N–C) groups is 1. The molecule has 1 amide bonds. The van der Waals surface area contributed by atoms with Crippen molar-refractivity contribution in [2.45, 2.75) is 32.7 Å². The number of nitrogens with zero attached hydrogens (tertiary/aromatic N) is 2. The molecule has 2 aromatic rings. The third-order valence-corrected chi connectivity index (χ3v) is 5.55. The molecule has 2 rings (SSSR count). The number of nitrogens with two attached hydrogens (primary N) is 1. The predicted octanol–water partition coefficient (Wildman–Crippen LogP) is 0.636. The Balaban J connectivity index is 0.00000353. The molecule has 1 heterocycles. The summed E-state index contributed by atoms with van der Waals surface area (Å²) in [5.74, 6) is -0.344. The number of anilines is 1. The van der Waals surface area contributed by atoms with Crippen LogP contribution in [0.2, 0.25) is 0 Å². The van der Waals surface area contributed by atoms with Gasteiger partial charge < -0.3 is 15.6 Å². The Hall–Kier alpha value is -3.45. The molecule has 0 aliphatic rings. The lowest BCUT2D eigenvalue weighted by Gasteiger charge is -2.14. The molecular weight excluding hydrogens is 455 g/mol. The van der Waals surface area contributed by atoms with Crippen LogP contribution in [0, 0.1) is 13.8 Å². The quantitative estimate of drug-likeness (QED) is 0.175. The zero-order valence-corrected chi connectivity index (χ0v) is 18.7. The number of rotatable bonds is 9. The smallest absolute Gasteiger partial charge is 0.275 e. The fraction of sp³-hybridized carbons (Fsp3) is 0.350. The van der Waals surface area contributed by atoms with Crippen molar-refractivity contribution in [3.05, 3.63) is 58.0 Å².